The third-order valence-corrected chi connectivity index (χ3v) is 12.4. The Labute approximate surface area is 219 Å². The molecule has 6 fully saturated rings. The topological polar surface area (TPSA) is 80.3 Å². The van der Waals surface area contributed by atoms with E-state index in [1.165, 1.54) is 0 Å². The smallest absolute Gasteiger partial charge is 0.331 e. The molecule has 3 saturated carbocycles. The molecule has 4 heterocycles. The Morgan fingerprint density at radius 3 is 2.35 bits per heavy atom. The number of ether oxygens (including phenoxy) is 3. The van der Waals surface area contributed by atoms with E-state index < -0.39 is 17.0 Å². The van der Waals surface area contributed by atoms with Crippen molar-refractivity contribution in [1.82, 2.24) is 0 Å². The van der Waals surface area contributed by atoms with Crippen LogP contribution in [-0.4, -0.2) is 40.6 Å². The van der Waals surface area contributed by atoms with Crippen LogP contribution in [0.2, 0.25) is 0 Å². The van der Waals surface area contributed by atoms with Crippen molar-refractivity contribution < 1.29 is 33.6 Å². The SMILES string of the molecule is C[C@@H]1C[C@]2(C[C@@H](C)C3[C@@H](CC4(C)[C@@H]5CCC6C(C)(C)OC(=O)C=C[C@]67C[C@@]5(CC[C@]34C)OO7)O2)OC1=O. The lowest BCUT2D eigenvalue weighted by atomic mass is 9.46. The Morgan fingerprint density at radius 2 is 1.62 bits per heavy atom. The molecule has 0 amide bonds. The van der Waals surface area contributed by atoms with Crippen molar-refractivity contribution in [3.8, 4) is 0 Å². The fourth-order valence-corrected chi connectivity index (χ4v) is 11.0. The van der Waals surface area contributed by atoms with Gasteiger partial charge in [-0.15, -0.1) is 0 Å². The summed E-state index contributed by atoms with van der Waals surface area (Å²) in [6.07, 6.45) is 10.6. The van der Waals surface area contributed by atoms with Crippen LogP contribution in [0.1, 0.15) is 92.9 Å². The van der Waals surface area contributed by atoms with E-state index in [1.807, 2.05) is 26.8 Å². The lowest BCUT2D eigenvalue weighted by Crippen LogP contribution is -2.58. The van der Waals surface area contributed by atoms with Gasteiger partial charge in [0, 0.05) is 31.3 Å². The highest BCUT2D eigenvalue weighted by Crippen LogP contribution is 2.75. The third kappa shape index (κ3) is 3.00. The van der Waals surface area contributed by atoms with E-state index in [4.69, 9.17) is 24.0 Å². The van der Waals surface area contributed by atoms with E-state index in [2.05, 4.69) is 20.8 Å². The molecule has 0 aromatic heterocycles. The van der Waals surface area contributed by atoms with Gasteiger partial charge in [0.2, 0.25) is 5.79 Å². The molecule has 11 atom stereocenters. The van der Waals surface area contributed by atoms with Crippen LogP contribution in [0, 0.1) is 40.4 Å². The van der Waals surface area contributed by atoms with Crippen LogP contribution in [0.4, 0.5) is 0 Å². The Bertz CT molecular complexity index is 1080. The molecular formula is C30H42O7. The number of esters is 2. The first kappa shape index (κ1) is 24.6. The quantitative estimate of drug-likeness (QED) is 0.322. The Kier molecular flexibility index (Phi) is 4.78. The lowest BCUT2D eigenvalue weighted by Gasteiger charge is -2.59. The lowest BCUT2D eigenvalue weighted by molar-refractivity contribution is -0.384. The predicted molar refractivity (Wildman–Crippen MR) is 133 cm³/mol. The largest absolute Gasteiger partial charge is 0.456 e. The summed E-state index contributed by atoms with van der Waals surface area (Å²) in [4.78, 5) is 37.6. The molecule has 204 valence electrons. The molecule has 3 aliphatic carbocycles. The van der Waals surface area contributed by atoms with Crippen LogP contribution in [0.15, 0.2) is 12.2 Å². The van der Waals surface area contributed by atoms with E-state index in [0.717, 1.165) is 44.9 Å². The molecule has 3 unspecified atom stereocenters. The van der Waals surface area contributed by atoms with Crippen molar-refractivity contribution in [3.63, 3.8) is 0 Å². The molecular weight excluding hydrogens is 472 g/mol. The zero-order valence-electron chi connectivity index (χ0n) is 23.1. The molecule has 0 aromatic carbocycles. The molecule has 0 aromatic rings. The molecule has 7 nitrogen and oxygen atoms in total. The van der Waals surface area contributed by atoms with Crippen molar-refractivity contribution in [2.75, 3.05) is 0 Å². The maximum Gasteiger partial charge on any atom is 0.331 e. The first-order chi connectivity index (χ1) is 17.3. The highest BCUT2D eigenvalue weighted by atomic mass is 17.2. The van der Waals surface area contributed by atoms with Crippen molar-refractivity contribution in [1.29, 1.82) is 0 Å². The summed E-state index contributed by atoms with van der Waals surface area (Å²) < 4.78 is 18.7. The van der Waals surface area contributed by atoms with E-state index in [9.17, 15) is 9.59 Å². The Hall–Kier alpha value is -1.44. The summed E-state index contributed by atoms with van der Waals surface area (Å²) in [5, 5.41) is 0. The van der Waals surface area contributed by atoms with Crippen LogP contribution in [-0.2, 0) is 33.6 Å². The number of hydrogen-bond donors (Lipinski definition) is 0. The van der Waals surface area contributed by atoms with Crippen molar-refractivity contribution >= 4 is 11.9 Å². The third-order valence-electron chi connectivity index (χ3n) is 12.4. The minimum Gasteiger partial charge on any atom is -0.456 e. The van der Waals surface area contributed by atoms with Crippen molar-refractivity contribution in [2.45, 2.75) is 122 Å². The molecule has 7 rings (SSSR count). The van der Waals surface area contributed by atoms with E-state index in [1.54, 1.807) is 6.08 Å². The maximum atomic E-state index is 12.4. The van der Waals surface area contributed by atoms with Crippen LogP contribution >= 0.6 is 0 Å². The monoisotopic (exact) mass is 514 g/mol. The Morgan fingerprint density at radius 1 is 0.865 bits per heavy atom. The second kappa shape index (κ2) is 7.19. The van der Waals surface area contributed by atoms with Crippen LogP contribution in [0.5, 0.6) is 0 Å². The molecule has 3 spiro atoms. The van der Waals surface area contributed by atoms with Crippen LogP contribution in [0.25, 0.3) is 0 Å². The normalized spacial score (nSPS) is 57.5. The van der Waals surface area contributed by atoms with Gasteiger partial charge in [0.1, 0.15) is 16.8 Å². The number of hydrogen-bond acceptors (Lipinski definition) is 7. The standard InChI is InChI=1S/C30H42O7/c1-17-13-30(14-18(2)24(32)35-30)33-19-15-27(6)21-8-7-20-25(3,4)34-22(31)9-10-28(20)16-29(21,37-36-28)12-11-26(27,5)23(17)19/h9-10,17-21,23H,7-8,11-16H2,1-6H3/t17-,18-,19-,20?,21+,23?,26-,27?,28+,29-,30+/m1/s1. The van der Waals surface area contributed by atoms with Crippen molar-refractivity contribution in [3.05, 3.63) is 12.2 Å². The van der Waals surface area contributed by atoms with Gasteiger partial charge >= 0.3 is 11.9 Å². The fourth-order valence-electron chi connectivity index (χ4n) is 11.0. The van der Waals surface area contributed by atoms with E-state index in [-0.39, 0.29) is 46.3 Å². The summed E-state index contributed by atoms with van der Waals surface area (Å²) >= 11 is 0. The second-order valence-electron chi connectivity index (χ2n) is 14.7. The minimum atomic E-state index is -0.763. The Balaban J connectivity index is 1.26. The van der Waals surface area contributed by atoms with E-state index >= 15 is 0 Å². The second-order valence-corrected chi connectivity index (χ2v) is 14.7. The average molecular weight is 515 g/mol. The molecule has 7 aliphatic rings. The van der Waals surface area contributed by atoms with Crippen molar-refractivity contribution in [2.24, 2.45) is 40.4 Å². The van der Waals surface area contributed by atoms with Gasteiger partial charge in [0.05, 0.1) is 12.0 Å². The fraction of sp³-hybridized carbons (Fsp3) is 0.867. The van der Waals surface area contributed by atoms with E-state index in [0.29, 0.717) is 24.2 Å². The van der Waals surface area contributed by atoms with Gasteiger partial charge in [0.25, 0.3) is 0 Å². The number of carbonyl (C=O) groups excluding carboxylic acids is 2. The minimum absolute atomic E-state index is 0.0163. The zero-order valence-corrected chi connectivity index (χ0v) is 23.1. The molecule has 3 saturated heterocycles. The summed E-state index contributed by atoms with van der Waals surface area (Å²) in [7, 11) is 0. The van der Waals surface area contributed by atoms with Gasteiger partial charge in [-0.3, -0.25) is 4.79 Å². The zero-order chi connectivity index (χ0) is 26.2. The number of carbonyl (C=O) groups is 2. The molecule has 0 N–H and O–H groups in total. The maximum absolute atomic E-state index is 12.4. The van der Waals surface area contributed by atoms with Gasteiger partial charge in [0.15, 0.2) is 0 Å². The summed E-state index contributed by atoms with van der Waals surface area (Å²) in [5.74, 6) is -0.170. The number of fused-ring (bicyclic) bond motifs is 4. The average Bonchev–Trinajstić information content (AvgIpc) is 3.28. The summed E-state index contributed by atoms with van der Waals surface area (Å²) in [6, 6.07) is 0. The first-order valence-electron chi connectivity index (χ1n) is 14.5. The van der Waals surface area contributed by atoms with Gasteiger partial charge in [-0.1, -0.05) is 27.7 Å². The highest BCUT2D eigenvalue weighted by Gasteiger charge is 2.75. The molecule has 2 bridgehead atoms. The van der Waals surface area contributed by atoms with Crippen LogP contribution < -0.4 is 0 Å². The van der Waals surface area contributed by atoms with Gasteiger partial charge in [-0.25, -0.2) is 14.6 Å². The molecule has 7 heteroatoms. The molecule has 0 radical (unpaired) electrons. The van der Waals surface area contributed by atoms with Crippen LogP contribution in [0.3, 0.4) is 0 Å². The summed E-state index contributed by atoms with van der Waals surface area (Å²) in [5.41, 5.74) is -1.62. The van der Waals surface area contributed by atoms with Gasteiger partial charge < -0.3 is 14.2 Å². The molecule has 37 heavy (non-hydrogen) atoms. The predicted octanol–water partition coefficient (Wildman–Crippen LogP) is 5.26. The molecule has 4 aliphatic heterocycles. The summed E-state index contributed by atoms with van der Waals surface area (Å²) in [6.45, 7) is 13.3. The first-order valence-corrected chi connectivity index (χ1v) is 14.5. The number of rotatable bonds is 0. The highest BCUT2D eigenvalue weighted by molar-refractivity contribution is 5.83. The number of cyclic esters (lactones) is 1. The van der Waals surface area contributed by atoms with Gasteiger partial charge in [-0.05, 0) is 80.6 Å². The van der Waals surface area contributed by atoms with Gasteiger partial charge in [-0.2, -0.15) is 0 Å².